The number of hydrogen-bond acceptors (Lipinski definition) is 7. The van der Waals surface area contributed by atoms with Crippen LogP contribution in [0.3, 0.4) is 0 Å². The molecule has 2 aliphatic heterocycles. The van der Waals surface area contributed by atoms with E-state index in [1.165, 1.54) is 3.97 Å². The number of aliphatic hydroxyl groups is 1. The first-order valence-electron chi connectivity index (χ1n) is 12.3. The van der Waals surface area contributed by atoms with E-state index < -0.39 is 16.1 Å². The molecule has 10 heteroatoms. The van der Waals surface area contributed by atoms with Gasteiger partial charge in [0.15, 0.2) is 11.5 Å². The maximum absolute atomic E-state index is 13.5. The lowest BCUT2D eigenvalue weighted by Gasteiger charge is -2.41. The highest BCUT2D eigenvalue weighted by Gasteiger charge is 2.43. The molecule has 1 aromatic carbocycles. The van der Waals surface area contributed by atoms with Crippen molar-refractivity contribution in [1.82, 2.24) is 18.6 Å². The highest BCUT2D eigenvalue weighted by Crippen LogP contribution is 2.41. The van der Waals surface area contributed by atoms with Gasteiger partial charge >= 0.3 is 0 Å². The number of nitrogens with zero attached hydrogens (tertiary/aromatic N) is 6. The summed E-state index contributed by atoms with van der Waals surface area (Å²) in [4.78, 5) is 9.42. The summed E-state index contributed by atoms with van der Waals surface area (Å²) in [7, 11) is -3.85. The third kappa shape index (κ3) is 3.41. The van der Waals surface area contributed by atoms with E-state index in [4.69, 9.17) is 4.98 Å². The van der Waals surface area contributed by atoms with Crippen LogP contribution in [0, 0.1) is 24.2 Å². The van der Waals surface area contributed by atoms with Gasteiger partial charge in [-0.05, 0) is 63.6 Å². The van der Waals surface area contributed by atoms with Gasteiger partial charge in [0.2, 0.25) is 0 Å². The minimum atomic E-state index is -3.85. The molecule has 9 nitrogen and oxygen atoms in total. The Morgan fingerprint density at radius 2 is 1.86 bits per heavy atom. The zero-order chi connectivity index (χ0) is 25.2. The molecule has 6 rings (SSSR count). The Morgan fingerprint density at radius 1 is 1.17 bits per heavy atom. The molecule has 0 spiro atoms. The van der Waals surface area contributed by atoms with Gasteiger partial charge in [-0.3, -0.25) is 0 Å². The third-order valence-corrected chi connectivity index (χ3v) is 9.33. The Balaban J connectivity index is 1.54. The largest absolute Gasteiger partial charge is 0.385 e. The molecule has 1 N–H and O–H groups in total. The van der Waals surface area contributed by atoms with Crippen molar-refractivity contribution < 1.29 is 13.5 Å². The van der Waals surface area contributed by atoms with E-state index in [0.29, 0.717) is 34.7 Å². The van der Waals surface area contributed by atoms with Crippen LogP contribution >= 0.6 is 0 Å². The SMILES string of the molecule is Cc1ccc(S(=O)(=O)n2ccc3c2ncc2nc([C@@H](C)O)n(N4C5CCC4CC(CC#N)C5)c23)cc1. The van der Waals surface area contributed by atoms with E-state index in [1.54, 1.807) is 49.6 Å². The molecule has 0 radical (unpaired) electrons. The second kappa shape index (κ2) is 8.32. The van der Waals surface area contributed by atoms with Crippen molar-refractivity contribution >= 4 is 32.1 Å². The number of benzene rings is 1. The minimum Gasteiger partial charge on any atom is -0.385 e. The molecule has 2 saturated heterocycles. The molecular weight excluding hydrogens is 476 g/mol. The number of nitriles is 1. The van der Waals surface area contributed by atoms with Crippen molar-refractivity contribution in [3.63, 3.8) is 0 Å². The molecule has 3 aromatic heterocycles. The highest BCUT2D eigenvalue weighted by atomic mass is 32.2. The van der Waals surface area contributed by atoms with Crippen molar-refractivity contribution in [3.8, 4) is 6.07 Å². The molecule has 0 saturated carbocycles. The molecule has 0 amide bonds. The van der Waals surface area contributed by atoms with Crippen LogP contribution in [0.4, 0.5) is 0 Å². The summed E-state index contributed by atoms with van der Waals surface area (Å²) in [6.45, 7) is 3.61. The van der Waals surface area contributed by atoms with Crippen LogP contribution in [0.2, 0.25) is 0 Å². The van der Waals surface area contributed by atoms with E-state index >= 15 is 0 Å². The number of aliphatic hydroxyl groups excluding tert-OH is 1. The molecule has 2 aliphatic rings. The number of imidazole rings is 1. The monoisotopic (exact) mass is 504 g/mol. The highest BCUT2D eigenvalue weighted by molar-refractivity contribution is 7.90. The van der Waals surface area contributed by atoms with E-state index in [-0.39, 0.29) is 17.0 Å². The molecule has 2 fully saturated rings. The summed E-state index contributed by atoms with van der Waals surface area (Å²) < 4.78 is 30.2. The average molecular weight is 505 g/mol. The number of hydrogen-bond donors (Lipinski definition) is 1. The van der Waals surface area contributed by atoms with Gasteiger partial charge in [0, 0.05) is 30.1 Å². The summed E-state index contributed by atoms with van der Waals surface area (Å²) in [6, 6.07) is 11.3. The van der Waals surface area contributed by atoms with Crippen LogP contribution in [0.25, 0.3) is 22.1 Å². The van der Waals surface area contributed by atoms with Gasteiger partial charge < -0.3 is 10.1 Å². The minimum absolute atomic E-state index is 0.197. The van der Waals surface area contributed by atoms with Crippen LogP contribution in [0.15, 0.2) is 47.6 Å². The number of pyridine rings is 1. The van der Waals surface area contributed by atoms with Gasteiger partial charge in [-0.15, -0.1) is 0 Å². The average Bonchev–Trinajstić information content (AvgIpc) is 3.51. The summed E-state index contributed by atoms with van der Waals surface area (Å²) in [5.41, 5.74) is 2.67. The normalized spacial score (nSPS) is 22.8. The Labute approximate surface area is 209 Å². The third-order valence-electron chi connectivity index (χ3n) is 7.65. The maximum Gasteiger partial charge on any atom is 0.269 e. The molecule has 186 valence electrons. The molecule has 5 heterocycles. The van der Waals surface area contributed by atoms with Crippen LogP contribution in [-0.4, -0.2) is 44.2 Å². The fraction of sp³-hybridized carbons (Fsp3) is 0.423. The summed E-state index contributed by atoms with van der Waals surface area (Å²) in [5, 5.41) is 22.9. The van der Waals surface area contributed by atoms with Crippen molar-refractivity contribution in [1.29, 1.82) is 5.26 Å². The number of aromatic nitrogens is 4. The Kier molecular flexibility index (Phi) is 5.32. The molecular formula is C26H28N6O3S. The quantitative estimate of drug-likeness (QED) is 0.440. The van der Waals surface area contributed by atoms with Gasteiger partial charge in [-0.25, -0.2) is 27.0 Å². The van der Waals surface area contributed by atoms with E-state index in [9.17, 15) is 18.8 Å². The Morgan fingerprint density at radius 3 is 2.50 bits per heavy atom. The number of fused-ring (bicyclic) bond motifs is 5. The lowest BCUT2D eigenvalue weighted by atomic mass is 9.89. The second-order valence-electron chi connectivity index (χ2n) is 10.1. The van der Waals surface area contributed by atoms with Crippen LogP contribution in [-0.2, 0) is 10.0 Å². The molecule has 2 unspecified atom stereocenters. The van der Waals surface area contributed by atoms with Gasteiger partial charge in [0.05, 0.1) is 17.2 Å². The fourth-order valence-corrected chi connectivity index (χ4v) is 7.34. The summed E-state index contributed by atoms with van der Waals surface area (Å²) in [6.07, 6.45) is 6.74. The topological polar surface area (TPSA) is 117 Å². The standard InChI is InChI=1S/C26H28N6O3S/c1-16-3-7-21(8-4-16)36(34,35)30-12-10-22-24-23(15-28-26(22)30)29-25(17(2)33)32(24)31-19-5-6-20(31)14-18(13-19)9-11-27/h3-4,7-8,10,12,15,17-20,33H,5-6,9,13-14H2,1-2H3/t17-,18?,19?,20?/m1/s1. The van der Waals surface area contributed by atoms with Crippen LogP contribution in [0.1, 0.15) is 56.5 Å². The van der Waals surface area contributed by atoms with E-state index in [0.717, 1.165) is 36.8 Å². The van der Waals surface area contributed by atoms with Crippen LogP contribution < -0.4 is 5.01 Å². The van der Waals surface area contributed by atoms with Crippen molar-refractivity contribution in [2.75, 3.05) is 5.01 Å². The van der Waals surface area contributed by atoms with Gasteiger partial charge in [-0.2, -0.15) is 5.26 Å². The first kappa shape index (κ1) is 23.0. The lowest BCUT2D eigenvalue weighted by molar-refractivity contribution is 0.179. The lowest BCUT2D eigenvalue weighted by Crippen LogP contribution is -2.50. The smallest absolute Gasteiger partial charge is 0.269 e. The molecule has 3 atom stereocenters. The Bertz CT molecular complexity index is 1600. The van der Waals surface area contributed by atoms with Gasteiger partial charge in [-0.1, -0.05) is 17.7 Å². The van der Waals surface area contributed by atoms with Gasteiger partial charge in [0.1, 0.15) is 17.1 Å². The molecule has 36 heavy (non-hydrogen) atoms. The van der Waals surface area contributed by atoms with Crippen LogP contribution in [0.5, 0.6) is 0 Å². The predicted molar refractivity (Wildman–Crippen MR) is 135 cm³/mol. The molecule has 4 aromatic rings. The summed E-state index contributed by atoms with van der Waals surface area (Å²) in [5.74, 6) is 0.889. The van der Waals surface area contributed by atoms with Crippen molar-refractivity contribution in [2.45, 2.75) is 69.0 Å². The fourth-order valence-electron chi connectivity index (χ4n) is 6.04. The van der Waals surface area contributed by atoms with E-state index in [2.05, 4.69) is 16.1 Å². The predicted octanol–water partition coefficient (Wildman–Crippen LogP) is 3.78. The number of rotatable bonds is 5. The van der Waals surface area contributed by atoms with Gasteiger partial charge in [0.25, 0.3) is 10.0 Å². The number of piperidine rings is 1. The van der Waals surface area contributed by atoms with E-state index in [1.807, 2.05) is 11.6 Å². The molecule has 0 aliphatic carbocycles. The number of aryl methyl sites for hydroxylation is 1. The van der Waals surface area contributed by atoms with Crippen molar-refractivity contribution in [3.05, 3.63) is 54.1 Å². The van der Waals surface area contributed by atoms with Crippen molar-refractivity contribution in [2.24, 2.45) is 5.92 Å². The Hall–Kier alpha value is -3.42. The maximum atomic E-state index is 13.5. The summed E-state index contributed by atoms with van der Waals surface area (Å²) >= 11 is 0. The zero-order valence-corrected chi connectivity index (χ0v) is 21.1. The first-order valence-corrected chi connectivity index (χ1v) is 13.8. The molecule has 2 bridgehead atoms. The zero-order valence-electron chi connectivity index (χ0n) is 20.2. The second-order valence-corrected chi connectivity index (χ2v) is 11.9. The first-order chi connectivity index (χ1) is 17.3.